The van der Waals surface area contributed by atoms with Gasteiger partial charge in [-0.05, 0) is 35.9 Å². The van der Waals surface area contributed by atoms with E-state index in [9.17, 15) is 0 Å². The summed E-state index contributed by atoms with van der Waals surface area (Å²) in [4.78, 5) is 1.15. The molecule has 0 bridgehead atoms. The minimum Gasteiger partial charge on any atom is -0.497 e. The molecule has 0 spiro atoms. The normalized spacial score (nSPS) is 10.3. The van der Waals surface area contributed by atoms with Crippen LogP contribution in [0.25, 0.3) is 0 Å². The minimum atomic E-state index is 0.0289. The van der Waals surface area contributed by atoms with Crippen LogP contribution in [0.1, 0.15) is 11.1 Å². The number of nitrogens with two attached hydrogens (primary N) is 1. The van der Waals surface area contributed by atoms with E-state index >= 15 is 0 Å². The molecule has 0 aliphatic carbocycles. The average molecular weight is 307 g/mol. The van der Waals surface area contributed by atoms with Gasteiger partial charge in [-0.3, -0.25) is 5.41 Å². The SMILES string of the molecule is COc1ccc(SCc2ccc(C(=N)N)cc2Cl)cc1. The van der Waals surface area contributed by atoms with Crippen molar-refractivity contribution >= 4 is 29.2 Å². The number of ether oxygens (including phenoxy) is 1. The second-order valence-corrected chi connectivity index (χ2v) is 5.64. The fourth-order valence-corrected chi connectivity index (χ4v) is 2.89. The molecular weight excluding hydrogens is 292 g/mol. The van der Waals surface area contributed by atoms with Gasteiger partial charge in [-0.1, -0.05) is 23.7 Å². The fraction of sp³-hybridized carbons (Fsp3) is 0.133. The van der Waals surface area contributed by atoms with E-state index in [-0.39, 0.29) is 5.84 Å². The molecule has 0 aromatic heterocycles. The molecule has 0 amide bonds. The van der Waals surface area contributed by atoms with Crippen molar-refractivity contribution in [2.24, 2.45) is 5.73 Å². The Morgan fingerprint density at radius 3 is 2.50 bits per heavy atom. The van der Waals surface area contributed by atoms with Gasteiger partial charge >= 0.3 is 0 Å². The van der Waals surface area contributed by atoms with Crippen molar-refractivity contribution in [1.82, 2.24) is 0 Å². The van der Waals surface area contributed by atoms with E-state index in [1.165, 1.54) is 0 Å². The Hall–Kier alpha value is -1.65. The van der Waals surface area contributed by atoms with Crippen LogP contribution >= 0.6 is 23.4 Å². The van der Waals surface area contributed by atoms with Crippen molar-refractivity contribution in [1.29, 1.82) is 5.41 Å². The monoisotopic (exact) mass is 306 g/mol. The zero-order chi connectivity index (χ0) is 14.5. The zero-order valence-electron chi connectivity index (χ0n) is 11.0. The average Bonchev–Trinajstić information content (AvgIpc) is 2.46. The number of nitrogens with one attached hydrogen (secondary N) is 1. The van der Waals surface area contributed by atoms with E-state index in [1.54, 1.807) is 24.9 Å². The maximum atomic E-state index is 7.38. The second kappa shape index (κ2) is 6.68. The Bertz CT molecular complexity index is 614. The van der Waals surface area contributed by atoms with E-state index in [2.05, 4.69) is 0 Å². The van der Waals surface area contributed by atoms with Crippen molar-refractivity contribution in [3.05, 3.63) is 58.6 Å². The van der Waals surface area contributed by atoms with Crippen LogP contribution in [0.15, 0.2) is 47.4 Å². The van der Waals surface area contributed by atoms with Gasteiger partial charge in [0.25, 0.3) is 0 Å². The number of amidine groups is 1. The van der Waals surface area contributed by atoms with Gasteiger partial charge in [0.05, 0.1) is 7.11 Å². The molecule has 0 radical (unpaired) electrons. The van der Waals surface area contributed by atoms with Crippen LogP contribution in [-0.2, 0) is 5.75 Å². The molecule has 0 unspecified atom stereocenters. The summed E-state index contributed by atoms with van der Waals surface area (Å²) in [5.74, 6) is 1.64. The number of methoxy groups -OCH3 is 1. The maximum Gasteiger partial charge on any atom is 0.122 e. The van der Waals surface area contributed by atoms with Crippen molar-refractivity contribution in [3.63, 3.8) is 0 Å². The van der Waals surface area contributed by atoms with E-state index in [0.29, 0.717) is 10.6 Å². The lowest BCUT2D eigenvalue weighted by Gasteiger charge is -2.07. The zero-order valence-corrected chi connectivity index (χ0v) is 12.6. The first kappa shape index (κ1) is 14.8. The molecule has 0 aliphatic rings. The summed E-state index contributed by atoms with van der Waals surface area (Å²) in [5.41, 5.74) is 7.10. The summed E-state index contributed by atoms with van der Waals surface area (Å²) >= 11 is 7.90. The molecule has 3 N–H and O–H groups in total. The highest BCUT2D eigenvalue weighted by molar-refractivity contribution is 7.98. The number of benzene rings is 2. The van der Waals surface area contributed by atoms with Crippen LogP contribution in [0.3, 0.4) is 0 Å². The summed E-state index contributed by atoms with van der Waals surface area (Å²) < 4.78 is 5.12. The van der Waals surface area contributed by atoms with Gasteiger partial charge in [-0.2, -0.15) is 0 Å². The third kappa shape index (κ3) is 3.68. The maximum absolute atomic E-state index is 7.38. The van der Waals surface area contributed by atoms with Gasteiger partial charge in [-0.25, -0.2) is 0 Å². The molecule has 0 atom stereocenters. The van der Waals surface area contributed by atoms with Crippen molar-refractivity contribution < 1.29 is 4.74 Å². The number of nitrogen functional groups attached to an aromatic ring is 1. The van der Waals surface area contributed by atoms with Crippen molar-refractivity contribution in [2.45, 2.75) is 10.6 Å². The first-order valence-electron chi connectivity index (χ1n) is 6.00. The molecule has 3 nitrogen and oxygen atoms in total. The van der Waals surface area contributed by atoms with E-state index in [4.69, 9.17) is 27.5 Å². The van der Waals surface area contributed by atoms with Gasteiger partial charge < -0.3 is 10.5 Å². The molecule has 0 aliphatic heterocycles. The Labute approximate surface area is 127 Å². The lowest BCUT2D eigenvalue weighted by atomic mass is 10.1. The minimum absolute atomic E-state index is 0.0289. The molecule has 0 heterocycles. The summed E-state index contributed by atoms with van der Waals surface area (Å²) in [6.07, 6.45) is 0. The third-order valence-corrected chi connectivity index (χ3v) is 4.23. The Balaban J connectivity index is 2.04. The Kier molecular flexibility index (Phi) is 4.93. The molecular formula is C15H15ClN2OS. The van der Waals surface area contributed by atoms with Gasteiger partial charge in [0.15, 0.2) is 0 Å². The van der Waals surface area contributed by atoms with Gasteiger partial charge in [0, 0.05) is 21.2 Å². The molecule has 0 saturated carbocycles. The molecule has 5 heteroatoms. The van der Waals surface area contributed by atoms with E-state index in [0.717, 1.165) is 22.0 Å². The van der Waals surface area contributed by atoms with Gasteiger partial charge in [0.2, 0.25) is 0 Å². The highest BCUT2D eigenvalue weighted by atomic mass is 35.5. The smallest absolute Gasteiger partial charge is 0.122 e. The van der Waals surface area contributed by atoms with Crippen LogP contribution in [0.2, 0.25) is 5.02 Å². The van der Waals surface area contributed by atoms with Crippen LogP contribution < -0.4 is 10.5 Å². The van der Waals surface area contributed by atoms with Crippen LogP contribution in [0.4, 0.5) is 0 Å². The predicted octanol–water partition coefficient (Wildman–Crippen LogP) is 3.92. The predicted molar refractivity (Wildman–Crippen MR) is 85.0 cm³/mol. The topological polar surface area (TPSA) is 59.1 Å². The van der Waals surface area contributed by atoms with Crippen LogP contribution in [0.5, 0.6) is 5.75 Å². The number of hydrogen-bond donors (Lipinski definition) is 2. The van der Waals surface area contributed by atoms with Gasteiger partial charge in [0.1, 0.15) is 11.6 Å². The number of halogens is 1. The highest BCUT2D eigenvalue weighted by Crippen LogP contribution is 2.28. The molecule has 2 aromatic rings. The first-order chi connectivity index (χ1) is 9.60. The lowest BCUT2D eigenvalue weighted by Crippen LogP contribution is -2.10. The Morgan fingerprint density at radius 1 is 1.25 bits per heavy atom. The molecule has 104 valence electrons. The largest absolute Gasteiger partial charge is 0.497 e. The van der Waals surface area contributed by atoms with Gasteiger partial charge in [-0.15, -0.1) is 11.8 Å². The lowest BCUT2D eigenvalue weighted by molar-refractivity contribution is 0.414. The van der Waals surface area contributed by atoms with Crippen molar-refractivity contribution in [2.75, 3.05) is 7.11 Å². The molecule has 20 heavy (non-hydrogen) atoms. The summed E-state index contributed by atoms with van der Waals surface area (Å²) in [7, 11) is 1.65. The van der Waals surface area contributed by atoms with Crippen LogP contribution in [-0.4, -0.2) is 12.9 Å². The number of thioether (sulfide) groups is 1. The van der Waals surface area contributed by atoms with E-state index < -0.39 is 0 Å². The third-order valence-electron chi connectivity index (χ3n) is 2.82. The van der Waals surface area contributed by atoms with E-state index in [1.807, 2.05) is 36.4 Å². The summed E-state index contributed by atoms with van der Waals surface area (Å²) in [6.45, 7) is 0. The Morgan fingerprint density at radius 2 is 1.95 bits per heavy atom. The number of rotatable bonds is 5. The number of hydrogen-bond acceptors (Lipinski definition) is 3. The first-order valence-corrected chi connectivity index (χ1v) is 7.36. The molecule has 0 saturated heterocycles. The fourth-order valence-electron chi connectivity index (χ4n) is 1.66. The quantitative estimate of drug-likeness (QED) is 0.500. The standard InChI is InChI=1S/C15H15ClN2OS/c1-19-12-4-6-13(7-5-12)20-9-11-3-2-10(15(17)18)8-14(11)16/h2-8H,9H2,1H3,(H3,17,18). The van der Waals surface area contributed by atoms with Crippen LogP contribution in [0, 0.1) is 5.41 Å². The molecule has 0 fully saturated rings. The molecule has 2 rings (SSSR count). The van der Waals surface area contributed by atoms with Crippen molar-refractivity contribution in [3.8, 4) is 5.75 Å². The summed E-state index contributed by atoms with van der Waals surface area (Å²) in [6, 6.07) is 13.4. The second-order valence-electron chi connectivity index (χ2n) is 4.18. The molecule has 2 aromatic carbocycles. The highest BCUT2D eigenvalue weighted by Gasteiger charge is 2.05. The summed E-state index contributed by atoms with van der Waals surface area (Å²) in [5, 5.41) is 8.02.